The van der Waals surface area contributed by atoms with E-state index in [2.05, 4.69) is 4.57 Å². The third-order valence-corrected chi connectivity index (χ3v) is 7.45. The number of hydrogen-bond acceptors (Lipinski definition) is 3. The Bertz CT molecular complexity index is 947. The highest BCUT2D eigenvalue weighted by molar-refractivity contribution is 7.89. The summed E-state index contributed by atoms with van der Waals surface area (Å²) >= 11 is 0. The number of hydrogen-bond donors (Lipinski definition) is 0. The van der Waals surface area contributed by atoms with E-state index >= 15 is 0 Å². The lowest BCUT2D eigenvalue weighted by molar-refractivity contribution is -0.117. The highest BCUT2D eigenvalue weighted by Crippen LogP contribution is 2.33. The van der Waals surface area contributed by atoms with E-state index in [1.165, 1.54) is 0 Å². The molecule has 0 aliphatic carbocycles. The van der Waals surface area contributed by atoms with Gasteiger partial charge in [0, 0.05) is 43.1 Å². The molecule has 2 aromatic rings. The fraction of sp³-hybridized carbons (Fsp3) is 0.421. The maximum Gasteiger partial charge on any atom is 0.243 e. The van der Waals surface area contributed by atoms with Gasteiger partial charge in [0.1, 0.15) is 0 Å². The summed E-state index contributed by atoms with van der Waals surface area (Å²) < 4.78 is 30.0. The molecule has 2 aliphatic heterocycles. The van der Waals surface area contributed by atoms with Gasteiger partial charge in [0.2, 0.25) is 15.9 Å². The Hall–Kier alpha value is -2.12. The molecule has 6 nitrogen and oxygen atoms in total. The fourth-order valence-corrected chi connectivity index (χ4v) is 5.58. The van der Waals surface area contributed by atoms with Crippen molar-refractivity contribution in [3.63, 3.8) is 0 Å². The first-order valence-corrected chi connectivity index (χ1v) is 10.4. The van der Waals surface area contributed by atoms with E-state index in [-0.39, 0.29) is 16.8 Å². The molecule has 4 rings (SSSR count). The summed E-state index contributed by atoms with van der Waals surface area (Å²) in [5.74, 6) is 0.0985. The number of aryl methyl sites for hydroxylation is 1. The summed E-state index contributed by atoms with van der Waals surface area (Å²) in [4.78, 5) is 13.9. The first kappa shape index (κ1) is 17.3. The van der Waals surface area contributed by atoms with E-state index in [0.717, 1.165) is 23.5 Å². The average Bonchev–Trinajstić information content (AvgIpc) is 3.22. The van der Waals surface area contributed by atoms with E-state index in [1.54, 1.807) is 33.5 Å². The van der Waals surface area contributed by atoms with E-state index in [9.17, 15) is 13.2 Å². The molecule has 1 aromatic carbocycles. The molecule has 0 bridgehead atoms. The van der Waals surface area contributed by atoms with Crippen molar-refractivity contribution in [2.75, 3.05) is 18.0 Å². The van der Waals surface area contributed by atoms with E-state index in [1.807, 2.05) is 26.0 Å². The molecule has 1 atom stereocenters. The highest BCUT2D eigenvalue weighted by Gasteiger charge is 2.34. The van der Waals surface area contributed by atoms with Crippen LogP contribution >= 0.6 is 0 Å². The summed E-state index contributed by atoms with van der Waals surface area (Å²) in [6.07, 6.45) is 1.41. The molecule has 7 heteroatoms. The number of carbonyl (C=O) groups is 1. The molecular weight excluding hydrogens is 350 g/mol. The number of carbonyl (C=O) groups excluding carboxylic acids is 1. The molecule has 1 amide bonds. The van der Waals surface area contributed by atoms with Crippen LogP contribution in [0.15, 0.2) is 41.3 Å². The molecule has 1 fully saturated rings. The molecule has 0 unspecified atom stereocenters. The molecule has 26 heavy (non-hydrogen) atoms. The summed E-state index contributed by atoms with van der Waals surface area (Å²) in [6.45, 7) is 5.79. The lowest BCUT2D eigenvalue weighted by atomic mass is 10.2. The molecule has 1 aromatic heterocycles. The molecule has 1 saturated heterocycles. The van der Waals surface area contributed by atoms with E-state index in [4.69, 9.17) is 0 Å². The second-order valence-electron chi connectivity index (χ2n) is 6.99. The van der Waals surface area contributed by atoms with Crippen LogP contribution in [-0.2, 0) is 21.4 Å². The number of anilines is 1. The summed E-state index contributed by atoms with van der Waals surface area (Å²) in [7, 11) is -3.58. The van der Waals surface area contributed by atoms with Gasteiger partial charge in [-0.2, -0.15) is 4.31 Å². The zero-order valence-corrected chi connectivity index (χ0v) is 15.9. The van der Waals surface area contributed by atoms with Gasteiger partial charge in [-0.1, -0.05) is 0 Å². The van der Waals surface area contributed by atoms with Gasteiger partial charge >= 0.3 is 0 Å². The third kappa shape index (κ3) is 2.66. The SMILES string of the molecule is Cc1ccc2n1CCN(S(=O)(=O)c1ccc(N3CCCC3=O)cc1)[C@@H]2C. The van der Waals surface area contributed by atoms with Crippen LogP contribution in [0.2, 0.25) is 0 Å². The number of sulfonamides is 1. The number of nitrogens with zero attached hydrogens (tertiary/aromatic N) is 3. The van der Waals surface area contributed by atoms with Crippen molar-refractivity contribution in [1.82, 2.24) is 8.87 Å². The summed E-state index contributed by atoms with van der Waals surface area (Å²) in [5, 5.41) is 0. The smallest absolute Gasteiger partial charge is 0.243 e. The molecule has 138 valence electrons. The first-order valence-electron chi connectivity index (χ1n) is 8.98. The molecule has 2 aliphatic rings. The zero-order valence-electron chi connectivity index (χ0n) is 15.1. The summed E-state index contributed by atoms with van der Waals surface area (Å²) in [5.41, 5.74) is 2.95. The van der Waals surface area contributed by atoms with Crippen molar-refractivity contribution >= 4 is 21.6 Å². The molecule has 0 N–H and O–H groups in total. The Morgan fingerprint density at radius 1 is 1.00 bits per heavy atom. The molecule has 0 saturated carbocycles. The maximum atomic E-state index is 13.1. The van der Waals surface area contributed by atoms with Crippen LogP contribution in [0.25, 0.3) is 0 Å². The number of fused-ring (bicyclic) bond motifs is 1. The van der Waals surface area contributed by atoms with Crippen LogP contribution in [0.4, 0.5) is 5.69 Å². The van der Waals surface area contributed by atoms with Crippen molar-refractivity contribution in [2.24, 2.45) is 0 Å². The van der Waals surface area contributed by atoms with Crippen molar-refractivity contribution in [2.45, 2.75) is 44.2 Å². The van der Waals surface area contributed by atoms with Crippen molar-refractivity contribution < 1.29 is 13.2 Å². The van der Waals surface area contributed by atoms with Gasteiger partial charge in [0.25, 0.3) is 0 Å². The molecule has 3 heterocycles. The Morgan fingerprint density at radius 3 is 2.38 bits per heavy atom. The van der Waals surface area contributed by atoms with E-state index in [0.29, 0.717) is 26.1 Å². The van der Waals surface area contributed by atoms with Crippen molar-refractivity contribution in [1.29, 1.82) is 0 Å². The minimum atomic E-state index is -3.58. The van der Waals surface area contributed by atoms with E-state index < -0.39 is 10.0 Å². The molecular formula is C19H23N3O3S. The van der Waals surface area contributed by atoms with Gasteiger partial charge in [-0.25, -0.2) is 8.42 Å². The standard InChI is InChI=1S/C19H23N3O3S/c1-14-5-10-18-15(2)22(13-12-20(14)18)26(24,25)17-8-6-16(7-9-17)21-11-3-4-19(21)23/h5-10,15H,3-4,11-13H2,1-2H3/t15-/m1/s1. The quantitative estimate of drug-likeness (QED) is 0.831. The maximum absolute atomic E-state index is 13.1. The normalized spacial score (nSPS) is 21.2. The van der Waals surface area contributed by atoms with Crippen LogP contribution in [0.1, 0.15) is 37.2 Å². The Kier molecular flexibility index (Phi) is 4.16. The second kappa shape index (κ2) is 6.25. The van der Waals surface area contributed by atoms with Crippen LogP contribution in [0, 0.1) is 6.92 Å². The highest BCUT2D eigenvalue weighted by atomic mass is 32.2. The number of benzene rings is 1. The minimum Gasteiger partial charge on any atom is -0.346 e. The van der Waals surface area contributed by atoms with Gasteiger partial charge in [0.05, 0.1) is 10.9 Å². The van der Waals surface area contributed by atoms with Crippen LogP contribution in [0.3, 0.4) is 0 Å². The predicted octanol–water partition coefficient (Wildman–Crippen LogP) is 2.69. The van der Waals surface area contributed by atoms with Crippen LogP contribution in [-0.4, -0.2) is 36.3 Å². The largest absolute Gasteiger partial charge is 0.346 e. The van der Waals surface area contributed by atoms with Crippen molar-refractivity contribution in [3.05, 3.63) is 47.8 Å². The number of aromatic nitrogens is 1. The zero-order chi connectivity index (χ0) is 18.5. The van der Waals surface area contributed by atoms with Gasteiger partial charge < -0.3 is 9.47 Å². The van der Waals surface area contributed by atoms with Gasteiger partial charge in [0.15, 0.2) is 0 Å². The van der Waals surface area contributed by atoms with Crippen LogP contribution in [0.5, 0.6) is 0 Å². The average molecular weight is 373 g/mol. The first-order chi connectivity index (χ1) is 12.4. The van der Waals surface area contributed by atoms with Crippen LogP contribution < -0.4 is 4.90 Å². The topological polar surface area (TPSA) is 62.6 Å². The molecule has 0 spiro atoms. The minimum absolute atomic E-state index is 0.0985. The fourth-order valence-electron chi connectivity index (χ4n) is 3.98. The third-order valence-electron chi connectivity index (χ3n) is 5.47. The Balaban J connectivity index is 1.62. The Morgan fingerprint density at radius 2 is 1.73 bits per heavy atom. The van der Waals surface area contributed by atoms with Crippen molar-refractivity contribution in [3.8, 4) is 0 Å². The number of amides is 1. The van der Waals surface area contributed by atoms with Gasteiger partial charge in [-0.3, -0.25) is 4.79 Å². The lowest BCUT2D eigenvalue weighted by Crippen LogP contribution is -2.41. The Labute approximate surface area is 154 Å². The van der Waals surface area contributed by atoms with Gasteiger partial charge in [-0.15, -0.1) is 0 Å². The monoisotopic (exact) mass is 373 g/mol. The predicted molar refractivity (Wildman–Crippen MR) is 99.5 cm³/mol. The summed E-state index contributed by atoms with van der Waals surface area (Å²) in [6, 6.07) is 10.5. The number of rotatable bonds is 3. The van der Waals surface area contributed by atoms with Gasteiger partial charge in [-0.05, 0) is 56.7 Å². The lowest BCUT2D eigenvalue weighted by Gasteiger charge is -2.34. The molecule has 0 radical (unpaired) electrons. The second-order valence-corrected chi connectivity index (χ2v) is 8.88.